The Morgan fingerprint density at radius 3 is 1.60 bits per heavy atom. The number of hydrogen-bond acceptors (Lipinski definition) is 15. The summed E-state index contributed by atoms with van der Waals surface area (Å²) < 4.78 is 23.7. The van der Waals surface area contributed by atoms with Crippen LogP contribution in [-0.4, -0.2) is 203 Å². The van der Waals surface area contributed by atoms with Crippen LogP contribution in [0.1, 0.15) is 131 Å². The normalized spacial score (nSPS) is 15.6. The van der Waals surface area contributed by atoms with Gasteiger partial charge in [-0.3, -0.25) is 52.1 Å². The summed E-state index contributed by atoms with van der Waals surface area (Å²) >= 11 is 18.2. The second kappa shape index (κ2) is 35.7. The van der Waals surface area contributed by atoms with Crippen LogP contribution in [0.2, 0.25) is 10.0 Å². The molecular formula is C90H89Cl3FN21O4. The number of halogens is 4. The summed E-state index contributed by atoms with van der Waals surface area (Å²) in [5.41, 5.74) is 13.4. The van der Waals surface area contributed by atoms with Crippen molar-refractivity contribution in [3.8, 4) is 28.7 Å². The number of piperidine rings is 4. The molecule has 4 aromatic carbocycles. The summed E-state index contributed by atoms with van der Waals surface area (Å²) in [6, 6.07) is 38.6. The molecule has 5 fully saturated rings. The molecule has 16 heterocycles. The van der Waals surface area contributed by atoms with Crippen molar-refractivity contribution >= 4 is 119 Å². The number of alkyl halides is 2. The zero-order chi connectivity index (χ0) is 82.3. The van der Waals surface area contributed by atoms with Gasteiger partial charge in [-0.1, -0.05) is 54.9 Å². The summed E-state index contributed by atoms with van der Waals surface area (Å²) in [6.07, 6.45) is 35.8. The lowest BCUT2D eigenvalue weighted by atomic mass is 9.95. The van der Waals surface area contributed by atoms with Gasteiger partial charge in [-0.2, -0.15) is 5.10 Å². The molecule has 119 heavy (non-hydrogen) atoms. The van der Waals surface area contributed by atoms with Crippen molar-refractivity contribution in [2.45, 2.75) is 96.0 Å². The van der Waals surface area contributed by atoms with Gasteiger partial charge in [-0.05, 0) is 198 Å². The van der Waals surface area contributed by atoms with Gasteiger partial charge in [0, 0.05) is 176 Å². The Labute approximate surface area is 701 Å². The maximum atomic E-state index is 14.0. The van der Waals surface area contributed by atoms with Crippen LogP contribution in [0.25, 0.3) is 89.6 Å². The summed E-state index contributed by atoms with van der Waals surface area (Å²) in [5, 5.41) is 11.2. The molecule has 0 bridgehead atoms. The lowest BCUT2D eigenvalue weighted by Gasteiger charge is -2.38. The molecule has 0 radical (unpaired) electrons. The first-order valence-corrected chi connectivity index (χ1v) is 41.4. The predicted octanol–water partition coefficient (Wildman–Crippen LogP) is 17.0. The zero-order valence-corrected chi connectivity index (χ0v) is 68.6. The summed E-state index contributed by atoms with van der Waals surface area (Å²) in [7, 11) is 0. The molecule has 0 unspecified atom stereocenters. The second-order valence-corrected chi connectivity index (χ2v) is 32.4. The highest BCUT2D eigenvalue weighted by atomic mass is 35.5. The molecule has 29 heteroatoms. The number of aromatic nitrogens is 16. The van der Waals surface area contributed by atoms with E-state index in [1.807, 2.05) is 167 Å². The molecule has 0 saturated carbocycles. The minimum Gasteiger partial charge on any atom is -0.368 e. The van der Waals surface area contributed by atoms with Gasteiger partial charge in [-0.15, -0.1) is 11.6 Å². The number of pyridine rings is 3. The van der Waals surface area contributed by atoms with Crippen molar-refractivity contribution in [1.82, 2.24) is 102 Å². The molecule has 5 aliphatic rings. The van der Waals surface area contributed by atoms with Crippen LogP contribution in [0, 0.1) is 12.8 Å². The molecule has 25 nitrogen and oxygen atoms in total. The number of aromatic amines is 1. The standard InChI is InChI=1S/C20H19ClFN3O.C19H21N5O.C18H15Cl2N3.C17H17N5O.C16H17N5O/c1-20(22)7-9-24(10-8-20)19(26)14-5-6-18-17(11-14)23-13-25(18)16-4-2-3-15(21)12-16;1-13-3-8-23(9-4-13)19(25)16-11-22-18-15(14(16)2)5-10-24(18)17-12-20-6-7-21-17;1-12(22-9-15(20)10-22)13-5-6-18-17(7-13)21-11-23(18)16-4-2-3-14(19)8-16;23-17(21-7-2-1-3-8-21)14-10-13-5-9-22(16(13)19-11-14)15-4-6-18-12-20-15;22-16(20-5-2-1-3-6-20)13-8-12-4-7-21(15(12)17-9-13)14-10-18-19-11-14/h2-6,11-13H,7-10H2,1H3;5-7,10-13H,3-4,8-9H2,1-2H3;2-8,11,15H,1,9-10H2;4-6,9-12H,1-3,7-8H2;4,7-11H,1-3,5-6H2,(H,18,19). The Morgan fingerprint density at radius 1 is 0.487 bits per heavy atom. The first-order valence-electron chi connectivity index (χ1n) is 40.2. The van der Waals surface area contributed by atoms with Gasteiger partial charge < -0.3 is 24.5 Å². The number of rotatable bonds is 11. The molecular weight excluding hydrogens is 1560 g/mol. The number of aryl methyl sites for hydroxylation is 1. The maximum Gasteiger partial charge on any atom is 0.255 e. The molecule has 20 rings (SSSR count). The monoisotopic (exact) mass is 1650 g/mol. The highest BCUT2D eigenvalue weighted by molar-refractivity contribution is 6.31. The lowest BCUT2D eigenvalue weighted by molar-refractivity contribution is 0.0503. The third-order valence-corrected chi connectivity index (χ3v) is 23.4. The van der Waals surface area contributed by atoms with Gasteiger partial charge in [-0.25, -0.2) is 44.3 Å². The smallest absolute Gasteiger partial charge is 0.255 e. The quantitative estimate of drug-likeness (QED) is 0.118. The number of hydrogen-bond donors (Lipinski definition) is 1. The predicted molar refractivity (Wildman–Crippen MR) is 462 cm³/mol. The third kappa shape index (κ3) is 18.0. The van der Waals surface area contributed by atoms with E-state index in [4.69, 9.17) is 34.8 Å². The molecule has 15 aromatic rings. The van der Waals surface area contributed by atoms with Crippen LogP contribution in [0.5, 0.6) is 0 Å². The van der Waals surface area contributed by atoms with Crippen LogP contribution in [0.3, 0.4) is 0 Å². The Hall–Kier alpha value is -12.5. The second-order valence-electron chi connectivity index (χ2n) is 30.9. The Balaban J connectivity index is 0.000000111. The van der Waals surface area contributed by atoms with Crippen LogP contribution < -0.4 is 0 Å². The van der Waals surface area contributed by atoms with E-state index in [1.54, 1.807) is 79.9 Å². The summed E-state index contributed by atoms with van der Waals surface area (Å²) in [4.78, 5) is 99.5. The molecule has 606 valence electrons. The number of carbonyl (C=O) groups excluding carboxylic acids is 4. The number of nitrogens with one attached hydrogen (secondary N) is 1. The highest BCUT2D eigenvalue weighted by Crippen LogP contribution is 2.33. The average Bonchev–Trinajstić information content (AvgIpc) is 1.69. The number of imidazole rings is 2. The molecule has 1 N–H and O–H groups in total. The van der Waals surface area contributed by atoms with Gasteiger partial charge in [0.1, 0.15) is 47.4 Å². The molecule has 5 aliphatic heterocycles. The van der Waals surface area contributed by atoms with Crippen LogP contribution in [0.4, 0.5) is 4.39 Å². The van der Waals surface area contributed by atoms with E-state index >= 15 is 0 Å². The van der Waals surface area contributed by atoms with E-state index in [9.17, 15) is 23.6 Å². The fraction of sp³-hybridized carbons (Fsp3) is 0.289. The summed E-state index contributed by atoms with van der Waals surface area (Å²) in [5.74, 6) is 2.36. The minimum atomic E-state index is -1.17. The van der Waals surface area contributed by atoms with E-state index in [2.05, 4.69) is 91.7 Å². The number of benzene rings is 4. The summed E-state index contributed by atoms with van der Waals surface area (Å²) in [6.45, 7) is 17.7. The fourth-order valence-electron chi connectivity index (χ4n) is 15.6. The first kappa shape index (κ1) is 80.3. The van der Waals surface area contributed by atoms with Gasteiger partial charge in [0.25, 0.3) is 23.6 Å². The number of fused-ring (bicyclic) bond motifs is 5. The third-order valence-electron chi connectivity index (χ3n) is 22.6. The Kier molecular flexibility index (Phi) is 24.1. The van der Waals surface area contributed by atoms with Crippen LogP contribution in [-0.2, 0) is 0 Å². The largest absolute Gasteiger partial charge is 0.368 e. The average molecular weight is 1650 g/mol. The lowest BCUT2D eigenvalue weighted by Crippen LogP contribution is -2.45. The van der Waals surface area contributed by atoms with E-state index < -0.39 is 5.67 Å². The van der Waals surface area contributed by atoms with E-state index in [-0.39, 0.29) is 29.0 Å². The van der Waals surface area contributed by atoms with Gasteiger partial charge in [0.2, 0.25) is 0 Å². The van der Waals surface area contributed by atoms with Gasteiger partial charge in [0.05, 0.1) is 62.2 Å². The first-order chi connectivity index (χ1) is 57.8. The molecule has 5 saturated heterocycles. The van der Waals surface area contributed by atoms with Crippen molar-refractivity contribution in [2.24, 2.45) is 5.92 Å². The van der Waals surface area contributed by atoms with Crippen LogP contribution in [0.15, 0.2) is 221 Å². The van der Waals surface area contributed by atoms with Crippen LogP contribution >= 0.6 is 34.8 Å². The topological polar surface area (TPSA) is 254 Å². The maximum absolute atomic E-state index is 14.0. The zero-order valence-electron chi connectivity index (χ0n) is 66.3. The number of likely N-dealkylation sites (tertiary alicyclic amines) is 5. The molecule has 0 aliphatic carbocycles. The van der Waals surface area contributed by atoms with Crippen molar-refractivity contribution in [3.63, 3.8) is 0 Å². The van der Waals surface area contributed by atoms with Gasteiger partial charge in [0.15, 0.2) is 5.82 Å². The molecule has 0 spiro atoms. The Morgan fingerprint density at radius 2 is 1.03 bits per heavy atom. The number of nitrogens with zero attached hydrogens (tertiary/aromatic N) is 20. The highest BCUT2D eigenvalue weighted by Gasteiger charge is 2.33. The number of H-pyrrole nitrogens is 1. The number of carbonyl (C=O) groups is 4. The van der Waals surface area contributed by atoms with Crippen molar-refractivity contribution in [3.05, 3.63) is 265 Å². The van der Waals surface area contributed by atoms with Crippen molar-refractivity contribution < 1.29 is 23.6 Å². The van der Waals surface area contributed by atoms with E-state index in [0.29, 0.717) is 70.0 Å². The van der Waals surface area contributed by atoms with Crippen molar-refractivity contribution in [2.75, 3.05) is 65.4 Å². The fourth-order valence-corrected chi connectivity index (χ4v) is 16.3. The molecule has 4 amide bonds. The SMILES string of the molecule is C=C(c1ccc2c(c1)ncn2-c1cccc(Cl)c1)N1CC(Cl)C1.CC1(F)CCN(C(=O)c2ccc3c(c2)ncn3-c2cccc(Cl)c2)CC1.Cc1c(C(=O)N2CCC(C)CC2)cnc2c1ccn2-c1cnccn1.O=C(c1cnc2c(ccn2-c2ccncn2)c1)N1CCCCC1.O=C(c1cnc2c(ccn2-c2cn[nH]c2)c1)N1CCCCC1. The molecule has 0 atom stereocenters. The molecule has 11 aromatic heterocycles. The van der Waals surface area contributed by atoms with Gasteiger partial charge >= 0.3 is 0 Å². The Bertz CT molecular complexity index is 6150. The number of amides is 4. The van der Waals surface area contributed by atoms with E-state index in [0.717, 1.165) is 186 Å². The van der Waals surface area contributed by atoms with Crippen molar-refractivity contribution in [1.29, 1.82) is 0 Å². The van der Waals surface area contributed by atoms with E-state index in [1.165, 1.54) is 19.2 Å². The minimum absolute atomic E-state index is 0.0697.